The number of carbonyl (C=O) groups excluding carboxylic acids is 2. The molecule has 2 rings (SSSR count). The van der Waals surface area contributed by atoms with Gasteiger partial charge in [0.05, 0.1) is 17.4 Å². The van der Waals surface area contributed by atoms with Crippen LogP contribution in [-0.4, -0.2) is 59.5 Å². The molecule has 0 saturated carbocycles. The van der Waals surface area contributed by atoms with Crippen molar-refractivity contribution in [2.45, 2.75) is 78.9 Å². The Morgan fingerprint density at radius 3 is 2.06 bits per heavy atom. The van der Waals surface area contributed by atoms with Gasteiger partial charge in [-0.3, -0.25) is 9.59 Å². The van der Waals surface area contributed by atoms with Crippen molar-refractivity contribution >= 4 is 11.9 Å². The van der Waals surface area contributed by atoms with Crippen LogP contribution in [0.1, 0.15) is 47.1 Å². The Morgan fingerprint density at radius 1 is 0.935 bits per heavy atom. The van der Waals surface area contributed by atoms with E-state index in [1.807, 2.05) is 30.3 Å². The van der Waals surface area contributed by atoms with E-state index in [2.05, 4.69) is 0 Å². The highest BCUT2D eigenvalue weighted by molar-refractivity contribution is 5.76. The van der Waals surface area contributed by atoms with Crippen molar-refractivity contribution in [3.05, 3.63) is 35.9 Å². The second kappa shape index (κ2) is 10.1. The Balaban J connectivity index is 2.16. The number of esters is 2. The van der Waals surface area contributed by atoms with Gasteiger partial charge >= 0.3 is 11.9 Å². The Morgan fingerprint density at radius 2 is 1.52 bits per heavy atom. The lowest BCUT2D eigenvalue weighted by atomic mass is 9.95. The van der Waals surface area contributed by atoms with E-state index in [1.54, 1.807) is 41.5 Å². The molecule has 1 aliphatic rings. The maximum atomic E-state index is 12.4. The van der Waals surface area contributed by atoms with Crippen molar-refractivity contribution in [1.82, 2.24) is 0 Å². The molecule has 2 unspecified atom stereocenters. The zero-order valence-corrected chi connectivity index (χ0v) is 19.0. The summed E-state index contributed by atoms with van der Waals surface area (Å²) < 4.78 is 22.1. The van der Waals surface area contributed by atoms with Crippen molar-refractivity contribution in [2.24, 2.45) is 10.8 Å². The minimum absolute atomic E-state index is 0.132. The normalized spacial score (nSPS) is 26.9. The summed E-state index contributed by atoms with van der Waals surface area (Å²) in [5, 5.41) is 21.4. The molecule has 0 bridgehead atoms. The van der Waals surface area contributed by atoms with Gasteiger partial charge in [0.2, 0.25) is 0 Å². The molecule has 8 heteroatoms. The topological polar surface area (TPSA) is 112 Å². The van der Waals surface area contributed by atoms with Gasteiger partial charge in [0.25, 0.3) is 0 Å². The second-order valence-corrected chi connectivity index (χ2v) is 9.79. The van der Waals surface area contributed by atoms with Crippen molar-refractivity contribution in [1.29, 1.82) is 0 Å². The minimum atomic E-state index is -1.43. The van der Waals surface area contributed by atoms with Gasteiger partial charge in [0.1, 0.15) is 24.9 Å². The third kappa shape index (κ3) is 7.00. The minimum Gasteiger partial charge on any atom is -0.462 e. The first kappa shape index (κ1) is 25.3. The quantitative estimate of drug-likeness (QED) is 0.650. The Bertz CT molecular complexity index is 734. The zero-order chi connectivity index (χ0) is 23.4. The maximum absolute atomic E-state index is 12.4. The first-order valence-electron chi connectivity index (χ1n) is 10.4. The van der Waals surface area contributed by atoms with Crippen molar-refractivity contribution in [3.63, 3.8) is 0 Å². The highest BCUT2D eigenvalue weighted by Crippen LogP contribution is 2.28. The molecule has 31 heavy (non-hydrogen) atoms. The third-order valence-corrected chi connectivity index (χ3v) is 4.75. The molecule has 8 nitrogen and oxygen atoms in total. The molecule has 0 aromatic heterocycles. The van der Waals surface area contributed by atoms with Crippen LogP contribution in [-0.2, 0) is 35.1 Å². The number of benzene rings is 1. The van der Waals surface area contributed by atoms with Crippen molar-refractivity contribution in [3.8, 4) is 0 Å². The average molecular weight is 439 g/mol. The van der Waals surface area contributed by atoms with E-state index in [9.17, 15) is 19.8 Å². The average Bonchev–Trinajstić information content (AvgIpc) is 2.68. The van der Waals surface area contributed by atoms with Gasteiger partial charge in [0, 0.05) is 0 Å². The van der Waals surface area contributed by atoms with E-state index in [0.29, 0.717) is 0 Å². The van der Waals surface area contributed by atoms with Gasteiger partial charge < -0.3 is 29.2 Å². The summed E-state index contributed by atoms with van der Waals surface area (Å²) >= 11 is 0. The molecule has 0 radical (unpaired) electrons. The van der Waals surface area contributed by atoms with E-state index in [4.69, 9.17) is 18.9 Å². The fourth-order valence-corrected chi connectivity index (χ4v) is 2.74. The summed E-state index contributed by atoms with van der Waals surface area (Å²) in [4.78, 5) is 24.5. The largest absolute Gasteiger partial charge is 0.462 e. The maximum Gasteiger partial charge on any atom is 0.311 e. The molecule has 0 spiro atoms. The van der Waals surface area contributed by atoms with Crippen LogP contribution in [0.3, 0.4) is 0 Å². The number of hydrogen-bond donors (Lipinski definition) is 2. The van der Waals surface area contributed by atoms with Crippen LogP contribution < -0.4 is 0 Å². The number of aliphatic hydroxyl groups excluding tert-OH is 2. The molecule has 1 saturated heterocycles. The molecule has 5 atom stereocenters. The molecular weight excluding hydrogens is 404 g/mol. The van der Waals surface area contributed by atoms with Crippen LogP contribution in [0.5, 0.6) is 0 Å². The molecule has 1 fully saturated rings. The van der Waals surface area contributed by atoms with Crippen molar-refractivity contribution in [2.75, 3.05) is 6.61 Å². The molecule has 1 heterocycles. The first-order valence-corrected chi connectivity index (χ1v) is 10.4. The predicted molar refractivity (Wildman–Crippen MR) is 112 cm³/mol. The van der Waals surface area contributed by atoms with E-state index in [1.165, 1.54) is 0 Å². The highest BCUT2D eigenvalue weighted by atomic mass is 16.7. The van der Waals surface area contributed by atoms with E-state index in [0.717, 1.165) is 5.56 Å². The molecule has 174 valence electrons. The summed E-state index contributed by atoms with van der Waals surface area (Å²) in [7, 11) is 0. The lowest BCUT2D eigenvalue weighted by Crippen LogP contribution is -2.61. The summed E-state index contributed by atoms with van der Waals surface area (Å²) in [5.74, 6) is -1.07. The summed E-state index contributed by atoms with van der Waals surface area (Å²) in [6, 6.07) is 9.27. The van der Waals surface area contributed by atoms with Gasteiger partial charge in [0.15, 0.2) is 12.4 Å². The van der Waals surface area contributed by atoms with Crippen LogP contribution in [0, 0.1) is 10.8 Å². The van der Waals surface area contributed by atoms with E-state index >= 15 is 0 Å². The molecule has 0 amide bonds. The van der Waals surface area contributed by atoms with Gasteiger partial charge in [-0.2, -0.15) is 0 Å². The predicted octanol–water partition coefficient (Wildman–Crippen LogP) is 2.20. The van der Waals surface area contributed by atoms with Crippen molar-refractivity contribution < 1.29 is 38.7 Å². The molecular formula is C23H34O8. The molecule has 1 aromatic rings. The standard InChI is InChI=1S/C23H34O8/c1-22(2,3)20(26)29-13-15-16(24)18(31-21(27)23(4,5)6)17(25)19(30-15)28-12-14-10-8-7-9-11-14/h7-11,15-19,24-25H,12-13H2,1-6H3/t15?,16-,17-,18-,19?/m0/s1. The van der Waals surface area contributed by atoms with Gasteiger partial charge in [-0.15, -0.1) is 0 Å². The highest BCUT2D eigenvalue weighted by Gasteiger charge is 2.49. The fraction of sp³-hybridized carbons (Fsp3) is 0.652. The number of aliphatic hydroxyl groups is 2. The number of rotatable bonds is 6. The van der Waals surface area contributed by atoms with Gasteiger partial charge in [-0.05, 0) is 47.1 Å². The smallest absolute Gasteiger partial charge is 0.311 e. The Labute approximate surface area is 183 Å². The summed E-state index contributed by atoms with van der Waals surface area (Å²) in [6.07, 6.45) is -6.39. The van der Waals surface area contributed by atoms with Crippen LogP contribution in [0.15, 0.2) is 30.3 Å². The van der Waals surface area contributed by atoms with Gasteiger partial charge in [-0.1, -0.05) is 30.3 Å². The van der Waals surface area contributed by atoms with Crippen LogP contribution >= 0.6 is 0 Å². The number of ether oxygens (including phenoxy) is 4. The Hall–Kier alpha value is -2.00. The van der Waals surface area contributed by atoms with Crippen LogP contribution in [0.4, 0.5) is 0 Å². The van der Waals surface area contributed by atoms with Gasteiger partial charge in [-0.25, -0.2) is 0 Å². The number of hydrogen-bond acceptors (Lipinski definition) is 8. The van der Waals surface area contributed by atoms with Crippen LogP contribution in [0.2, 0.25) is 0 Å². The van der Waals surface area contributed by atoms with E-state index in [-0.39, 0.29) is 13.2 Å². The second-order valence-electron chi connectivity index (χ2n) is 9.79. The van der Waals surface area contributed by atoms with E-state index < -0.39 is 53.5 Å². The molecule has 1 aromatic carbocycles. The molecule has 1 aliphatic heterocycles. The number of carbonyl (C=O) groups is 2. The molecule has 2 N–H and O–H groups in total. The fourth-order valence-electron chi connectivity index (χ4n) is 2.74. The first-order chi connectivity index (χ1) is 14.3. The summed E-state index contributed by atoms with van der Waals surface area (Å²) in [6.45, 7) is 9.97. The van der Waals surface area contributed by atoms with Crippen LogP contribution in [0.25, 0.3) is 0 Å². The monoisotopic (exact) mass is 438 g/mol. The zero-order valence-electron chi connectivity index (χ0n) is 19.0. The Kier molecular flexibility index (Phi) is 8.21. The lowest BCUT2D eigenvalue weighted by molar-refractivity contribution is -0.308. The molecule has 0 aliphatic carbocycles. The lowest BCUT2D eigenvalue weighted by Gasteiger charge is -2.42. The SMILES string of the molecule is CC(C)(C)C(=O)OCC1OC(OCc2ccccc2)[C@@H](O)[C@@H](OC(=O)C(C)(C)C)[C@H]1O. The third-order valence-electron chi connectivity index (χ3n) is 4.75. The summed E-state index contributed by atoms with van der Waals surface area (Å²) in [5.41, 5.74) is -0.726.